The van der Waals surface area contributed by atoms with Gasteiger partial charge in [-0.3, -0.25) is 0 Å². The molecule has 366 valence electrons. The molecule has 77 heavy (non-hydrogen) atoms. The van der Waals surface area contributed by atoms with Crippen molar-refractivity contribution in [3.8, 4) is 78.3 Å². The average molecular weight is 1160 g/mol. The molecule has 3 heterocycles. The summed E-state index contributed by atoms with van der Waals surface area (Å²) in [5.41, 5.74) is 19.7. The molecule has 0 aliphatic heterocycles. The van der Waals surface area contributed by atoms with Gasteiger partial charge in [-0.15, -0.1) is 102 Å². The van der Waals surface area contributed by atoms with Gasteiger partial charge in [0.25, 0.3) is 0 Å². The molecule has 0 unspecified atom stereocenters. The number of hydrogen-bond donors (Lipinski definition) is 0. The van der Waals surface area contributed by atoms with Gasteiger partial charge in [0.1, 0.15) is 0 Å². The molecule has 0 N–H and O–H groups in total. The molecule has 0 aliphatic carbocycles. The van der Waals surface area contributed by atoms with Crippen LogP contribution >= 0.6 is 0 Å². The van der Waals surface area contributed by atoms with Crippen LogP contribution in [0.1, 0.15) is 22.3 Å². The Labute approximate surface area is 464 Å². The molecular formula is C73H50IrN3. The van der Waals surface area contributed by atoms with Gasteiger partial charge >= 0.3 is 20.1 Å². The third kappa shape index (κ3) is 10.3. The van der Waals surface area contributed by atoms with E-state index < -0.39 is 0 Å². The Morgan fingerprint density at radius 2 is 0.779 bits per heavy atom. The second-order valence-corrected chi connectivity index (χ2v) is 19.6. The summed E-state index contributed by atoms with van der Waals surface area (Å²) in [6, 6.07) is 94.7. The van der Waals surface area contributed by atoms with Crippen molar-refractivity contribution in [2.24, 2.45) is 0 Å². The maximum atomic E-state index is 5.27. The number of pyridine rings is 3. The fourth-order valence-corrected chi connectivity index (χ4v) is 10.8. The Bertz CT molecular complexity index is 4040. The predicted molar refractivity (Wildman–Crippen MR) is 315 cm³/mol. The molecule has 3 aromatic heterocycles. The van der Waals surface area contributed by atoms with Crippen LogP contribution in [0, 0.1) is 18.2 Å². The fourth-order valence-electron chi connectivity index (χ4n) is 10.8. The van der Waals surface area contributed by atoms with Crippen molar-refractivity contribution in [1.29, 1.82) is 0 Å². The van der Waals surface area contributed by atoms with E-state index in [2.05, 4.69) is 225 Å². The number of aromatic nitrogens is 3. The molecular weight excluding hydrogens is 1110 g/mol. The largest absolute Gasteiger partial charge is 3.00 e. The van der Waals surface area contributed by atoms with Gasteiger partial charge in [0.15, 0.2) is 0 Å². The average Bonchev–Trinajstić information content (AvgIpc) is 3.58. The topological polar surface area (TPSA) is 38.7 Å². The van der Waals surface area contributed by atoms with E-state index in [1.54, 1.807) is 0 Å². The summed E-state index contributed by atoms with van der Waals surface area (Å²) in [4.78, 5) is 15.0. The van der Waals surface area contributed by atoms with Crippen molar-refractivity contribution >= 4 is 32.3 Å². The van der Waals surface area contributed by atoms with Gasteiger partial charge in [0.05, 0.1) is 0 Å². The quantitative estimate of drug-likeness (QED) is 0.0853. The maximum Gasteiger partial charge on any atom is 3.00 e. The third-order valence-corrected chi connectivity index (χ3v) is 14.8. The monoisotopic (exact) mass is 1160 g/mol. The van der Waals surface area contributed by atoms with Crippen molar-refractivity contribution in [2.45, 2.75) is 25.7 Å². The Balaban J connectivity index is 0.00000596. The van der Waals surface area contributed by atoms with Crippen LogP contribution in [0.25, 0.3) is 111 Å². The van der Waals surface area contributed by atoms with Crippen LogP contribution in [0.4, 0.5) is 0 Å². The van der Waals surface area contributed by atoms with Crippen molar-refractivity contribution < 1.29 is 20.1 Å². The van der Waals surface area contributed by atoms with Gasteiger partial charge < -0.3 is 15.0 Å². The molecule has 0 fully saturated rings. The number of aryl methyl sites for hydroxylation is 4. The minimum atomic E-state index is 0. The van der Waals surface area contributed by atoms with Gasteiger partial charge in [-0.25, -0.2) is 0 Å². The van der Waals surface area contributed by atoms with Crippen LogP contribution in [0.5, 0.6) is 0 Å². The van der Waals surface area contributed by atoms with Crippen LogP contribution < -0.4 is 0 Å². The number of nitrogens with zero attached hydrogens (tertiary/aromatic N) is 3. The first-order chi connectivity index (χ1) is 37.6. The molecule has 0 spiro atoms. The van der Waals surface area contributed by atoms with E-state index in [9.17, 15) is 0 Å². The first kappa shape index (κ1) is 49.0. The zero-order valence-corrected chi connectivity index (χ0v) is 44.6. The Kier molecular flexibility index (Phi) is 14.1. The van der Waals surface area contributed by atoms with Crippen LogP contribution in [0.3, 0.4) is 0 Å². The molecule has 13 aromatic rings. The summed E-state index contributed by atoms with van der Waals surface area (Å²) < 4.78 is 0. The summed E-state index contributed by atoms with van der Waals surface area (Å²) in [6.45, 7) is 0. The molecule has 0 atom stereocenters. The minimum Gasteiger partial charge on any atom is -0.304 e. The second-order valence-electron chi connectivity index (χ2n) is 19.6. The van der Waals surface area contributed by atoms with E-state index in [4.69, 9.17) is 15.0 Å². The first-order valence-corrected chi connectivity index (χ1v) is 26.1. The molecule has 0 aliphatic rings. The standard InChI is InChI=1S/C73H50N3.Ir/c1-4-16-54(17-5-1)55-34-36-58(37-35-55)73-46-68(59-38-39-67-65-26-13-12-24-63(65)64-25-14-15-27-66(64)69(67)45-59)70(49-76-73)62-23-11-10-22-61(62)60-43-52(30-28-50-32-40-71(74-47-50)56-18-6-2-7-19-56)42-53(44-60)31-29-51-33-41-72(75-48-51)57-20-8-3-9-21-57;/h1-18,20,22-27,32-36,38-49H,28-31H2;/q-3;+3. The van der Waals surface area contributed by atoms with Crippen molar-refractivity contribution in [2.75, 3.05) is 0 Å². The molecule has 10 aromatic carbocycles. The summed E-state index contributed by atoms with van der Waals surface area (Å²) in [5.74, 6) is 0. The summed E-state index contributed by atoms with van der Waals surface area (Å²) in [6.07, 6.45) is 9.59. The summed E-state index contributed by atoms with van der Waals surface area (Å²) >= 11 is 0. The van der Waals surface area contributed by atoms with Crippen molar-refractivity contribution in [3.05, 3.63) is 296 Å². The Morgan fingerprint density at radius 3 is 1.34 bits per heavy atom. The van der Waals surface area contributed by atoms with E-state index >= 15 is 0 Å². The van der Waals surface area contributed by atoms with Gasteiger partial charge in [0.2, 0.25) is 0 Å². The first-order valence-electron chi connectivity index (χ1n) is 26.1. The normalized spacial score (nSPS) is 11.2. The minimum absolute atomic E-state index is 0. The van der Waals surface area contributed by atoms with Gasteiger partial charge in [-0.2, -0.15) is 0 Å². The molecule has 3 nitrogen and oxygen atoms in total. The molecule has 0 radical (unpaired) electrons. The zero-order valence-electron chi connectivity index (χ0n) is 42.3. The van der Waals surface area contributed by atoms with E-state index in [1.165, 1.54) is 60.1 Å². The van der Waals surface area contributed by atoms with Crippen LogP contribution in [-0.4, -0.2) is 15.0 Å². The van der Waals surface area contributed by atoms with Crippen molar-refractivity contribution in [3.63, 3.8) is 0 Å². The summed E-state index contributed by atoms with van der Waals surface area (Å²) in [7, 11) is 0. The summed E-state index contributed by atoms with van der Waals surface area (Å²) in [5, 5.41) is 7.49. The fraction of sp³-hybridized carbons (Fsp3) is 0.0548. The van der Waals surface area contributed by atoms with E-state index in [0.29, 0.717) is 0 Å². The molecule has 0 saturated heterocycles. The van der Waals surface area contributed by atoms with Crippen LogP contribution in [-0.2, 0) is 45.8 Å². The van der Waals surface area contributed by atoms with Crippen LogP contribution in [0.15, 0.2) is 255 Å². The number of fused-ring (bicyclic) bond motifs is 6. The number of rotatable bonds is 13. The SMILES string of the molecule is [Ir+3].[c-]1ccccc1-c1ccc(CCc2cc(CCc3ccc(-c4[c-]cccc4)nc3)cc(-c3ccccc3-c3cnc(-c4[c-]cc(-c5ccccc5)cc4)cc3-c3ccc4c5ccccc5c5ccccc5c4c3)c2)cn1. The van der Waals surface area contributed by atoms with Crippen LogP contribution in [0.2, 0.25) is 0 Å². The molecule has 0 saturated carbocycles. The Hall–Kier alpha value is -8.92. The smallest absolute Gasteiger partial charge is 0.304 e. The third-order valence-electron chi connectivity index (χ3n) is 14.8. The molecule has 0 bridgehead atoms. The zero-order chi connectivity index (χ0) is 50.6. The number of hydrogen-bond acceptors (Lipinski definition) is 3. The van der Waals surface area contributed by atoms with Gasteiger partial charge in [0, 0.05) is 24.2 Å². The molecule has 13 rings (SSSR count). The van der Waals surface area contributed by atoms with Crippen molar-refractivity contribution in [1.82, 2.24) is 15.0 Å². The molecule has 4 heteroatoms. The van der Waals surface area contributed by atoms with E-state index in [-0.39, 0.29) is 20.1 Å². The Morgan fingerprint density at radius 1 is 0.273 bits per heavy atom. The van der Waals surface area contributed by atoms with E-state index in [0.717, 1.165) is 98.4 Å². The number of benzene rings is 10. The predicted octanol–water partition coefficient (Wildman–Crippen LogP) is 18.0. The van der Waals surface area contributed by atoms with Gasteiger partial charge in [-0.1, -0.05) is 175 Å². The van der Waals surface area contributed by atoms with Gasteiger partial charge in [-0.05, 0) is 131 Å². The second kappa shape index (κ2) is 22.1. The maximum absolute atomic E-state index is 5.27. The van der Waals surface area contributed by atoms with E-state index in [1.807, 2.05) is 48.8 Å². The molecule has 0 amide bonds.